The average Bonchev–Trinajstić information content (AvgIpc) is 3.13. The zero-order valence-corrected chi connectivity index (χ0v) is 15.5. The minimum atomic E-state index is 0.215. The number of nitrogens with zero attached hydrogens (tertiary/aromatic N) is 3. The second-order valence-corrected chi connectivity index (χ2v) is 6.48. The van der Waals surface area contributed by atoms with Crippen LogP contribution in [0, 0.1) is 11.3 Å². The van der Waals surface area contributed by atoms with Gasteiger partial charge in [0, 0.05) is 16.0 Å². The van der Waals surface area contributed by atoms with Crippen LogP contribution in [0.4, 0.5) is 5.69 Å². The Bertz CT molecular complexity index is 960. The molecule has 0 spiro atoms. The van der Waals surface area contributed by atoms with E-state index in [1.165, 1.54) is 11.3 Å². The van der Waals surface area contributed by atoms with Gasteiger partial charge in [-0.15, -0.1) is 11.3 Å². The number of anilines is 1. The molecular weight excluding hydrogens is 368 g/mol. The fourth-order valence-corrected chi connectivity index (χ4v) is 3.16. The van der Waals surface area contributed by atoms with E-state index in [1.807, 2.05) is 42.6 Å². The van der Waals surface area contributed by atoms with Gasteiger partial charge in [-0.1, -0.05) is 17.7 Å². The number of halogens is 1. The predicted octanol–water partition coefficient (Wildman–Crippen LogP) is 5.20. The summed E-state index contributed by atoms with van der Waals surface area (Å²) in [6, 6.07) is 16.9. The number of rotatable bonds is 6. The van der Waals surface area contributed by atoms with Crippen LogP contribution >= 0.6 is 22.9 Å². The summed E-state index contributed by atoms with van der Waals surface area (Å²) in [6.45, 7) is 2.57. The molecule has 0 bridgehead atoms. The molecule has 0 atom stereocenters. The molecule has 1 N–H and O–H groups in total. The van der Waals surface area contributed by atoms with E-state index in [-0.39, 0.29) is 5.71 Å². The molecule has 0 aliphatic carbocycles. The van der Waals surface area contributed by atoms with Crippen molar-refractivity contribution in [3.63, 3.8) is 0 Å². The van der Waals surface area contributed by atoms with E-state index in [1.54, 1.807) is 18.2 Å². The molecule has 0 saturated carbocycles. The highest BCUT2D eigenvalue weighted by molar-refractivity contribution is 7.12. The predicted molar refractivity (Wildman–Crippen MR) is 106 cm³/mol. The third-order valence-corrected chi connectivity index (χ3v) is 4.48. The van der Waals surface area contributed by atoms with Gasteiger partial charge in [0.25, 0.3) is 0 Å². The van der Waals surface area contributed by atoms with Gasteiger partial charge in [0.2, 0.25) is 0 Å². The molecule has 130 valence electrons. The average molecular weight is 383 g/mol. The molecular formula is C19H15ClN4OS. The quantitative estimate of drug-likeness (QED) is 0.469. The summed E-state index contributed by atoms with van der Waals surface area (Å²) in [6.07, 6.45) is 0. The first-order valence-corrected chi connectivity index (χ1v) is 9.14. The molecule has 1 heterocycles. The summed E-state index contributed by atoms with van der Waals surface area (Å²) in [5, 5.41) is 16.6. The van der Waals surface area contributed by atoms with Gasteiger partial charge in [-0.3, -0.25) is 5.43 Å². The molecule has 0 unspecified atom stereocenters. The summed E-state index contributed by atoms with van der Waals surface area (Å²) in [5.74, 6) is 0.816. The largest absolute Gasteiger partial charge is 0.494 e. The van der Waals surface area contributed by atoms with Crippen LogP contribution in [0.5, 0.6) is 5.75 Å². The fraction of sp³-hybridized carbons (Fsp3) is 0.105. The van der Waals surface area contributed by atoms with Crippen LogP contribution in [0.15, 0.2) is 59.0 Å². The lowest BCUT2D eigenvalue weighted by molar-refractivity contribution is 0.340. The van der Waals surface area contributed by atoms with Crippen LogP contribution in [0.2, 0.25) is 5.02 Å². The van der Waals surface area contributed by atoms with Crippen LogP contribution in [0.1, 0.15) is 11.9 Å². The van der Waals surface area contributed by atoms with Gasteiger partial charge in [0.1, 0.15) is 11.8 Å². The van der Waals surface area contributed by atoms with E-state index in [0.29, 0.717) is 22.3 Å². The number of nitrogens with one attached hydrogen (secondary N) is 1. The zero-order valence-electron chi connectivity index (χ0n) is 13.9. The number of aromatic nitrogens is 1. The van der Waals surface area contributed by atoms with Gasteiger partial charge >= 0.3 is 0 Å². The van der Waals surface area contributed by atoms with Gasteiger partial charge in [0.05, 0.1) is 18.0 Å². The van der Waals surface area contributed by atoms with Crippen molar-refractivity contribution in [2.24, 2.45) is 5.10 Å². The number of thiazole rings is 1. The second-order valence-electron chi connectivity index (χ2n) is 5.19. The lowest BCUT2D eigenvalue weighted by Crippen LogP contribution is -2.01. The summed E-state index contributed by atoms with van der Waals surface area (Å²) in [4.78, 5) is 4.52. The first-order chi connectivity index (χ1) is 12.7. The van der Waals surface area contributed by atoms with Crippen molar-refractivity contribution in [3.8, 4) is 23.1 Å². The number of hydrogen-bond acceptors (Lipinski definition) is 6. The summed E-state index contributed by atoms with van der Waals surface area (Å²) in [7, 11) is 0. The number of hydrogen-bond donors (Lipinski definition) is 1. The maximum atomic E-state index is 9.39. The van der Waals surface area contributed by atoms with Gasteiger partial charge in [-0.05, 0) is 49.4 Å². The molecule has 3 rings (SSSR count). The first kappa shape index (κ1) is 17.9. The Kier molecular flexibility index (Phi) is 5.84. The highest BCUT2D eigenvalue weighted by Gasteiger charge is 2.10. The van der Waals surface area contributed by atoms with Gasteiger partial charge in [-0.2, -0.15) is 10.4 Å². The van der Waals surface area contributed by atoms with Crippen molar-refractivity contribution in [2.45, 2.75) is 6.92 Å². The smallest absolute Gasteiger partial charge is 0.196 e. The van der Waals surface area contributed by atoms with Gasteiger partial charge in [-0.25, -0.2) is 4.98 Å². The van der Waals surface area contributed by atoms with E-state index in [2.05, 4.69) is 21.6 Å². The third-order valence-electron chi connectivity index (χ3n) is 3.40. The Morgan fingerprint density at radius 1 is 1.31 bits per heavy atom. The number of nitriles is 1. The number of hydrazone groups is 1. The Hall–Kier alpha value is -2.88. The first-order valence-electron chi connectivity index (χ1n) is 7.88. The molecule has 2 aromatic carbocycles. The molecule has 0 radical (unpaired) electrons. The molecule has 5 nitrogen and oxygen atoms in total. The highest BCUT2D eigenvalue weighted by Crippen LogP contribution is 2.25. The second kappa shape index (κ2) is 8.48. The van der Waals surface area contributed by atoms with E-state index < -0.39 is 0 Å². The van der Waals surface area contributed by atoms with Crippen LogP contribution in [0.25, 0.3) is 11.3 Å². The number of benzene rings is 2. The minimum Gasteiger partial charge on any atom is -0.494 e. The van der Waals surface area contributed by atoms with E-state index >= 15 is 0 Å². The maximum Gasteiger partial charge on any atom is 0.196 e. The van der Waals surface area contributed by atoms with Crippen molar-refractivity contribution >= 4 is 34.3 Å². The molecule has 3 aromatic rings. The molecule has 0 saturated heterocycles. The molecule has 0 aliphatic heterocycles. The molecule has 0 fully saturated rings. The lowest BCUT2D eigenvalue weighted by atomic mass is 10.2. The van der Waals surface area contributed by atoms with Crippen LogP contribution in [-0.2, 0) is 0 Å². The monoisotopic (exact) mass is 382 g/mol. The van der Waals surface area contributed by atoms with Crippen molar-refractivity contribution < 1.29 is 4.74 Å². The Labute approximate surface area is 160 Å². The fourth-order valence-electron chi connectivity index (χ4n) is 2.20. The van der Waals surface area contributed by atoms with Crippen LogP contribution in [0.3, 0.4) is 0 Å². The normalized spacial score (nSPS) is 11.0. The Morgan fingerprint density at radius 2 is 2.12 bits per heavy atom. The van der Waals surface area contributed by atoms with E-state index in [0.717, 1.165) is 17.0 Å². The topological polar surface area (TPSA) is 70.3 Å². The maximum absolute atomic E-state index is 9.39. The van der Waals surface area contributed by atoms with Gasteiger partial charge in [0.15, 0.2) is 10.7 Å². The van der Waals surface area contributed by atoms with Crippen molar-refractivity contribution in [1.29, 1.82) is 5.26 Å². The van der Waals surface area contributed by atoms with Crippen molar-refractivity contribution in [3.05, 3.63) is 63.9 Å². The van der Waals surface area contributed by atoms with Crippen molar-refractivity contribution in [1.82, 2.24) is 4.98 Å². The number of ether oxygens (including phenoxy) is 1. The Morgan fingerprint density at radius 3 is 2.81 bits per heavy atom. The molecule has 7 heteroatoms. The van der Waals surface area contributed by atoms with Crippen LogP contribution in [-0.4, -0.2) is 17.3 Å². The lowest BCUT2D eigenvalue weighted by Gasteiger charge is -2.03. The molecule has 0 amide bonds. The SMILES string of the molecule is CCOc1ccc(-c2csc(/C(C#N)=N\Nc3cccc(Cl)c3)n2)cc1. The molecule has 0 aliphatic rings. The van der Waals surface area contributed by atoms with Gasteiger partial charge < -0.3 is 4.74 Å². The molecule has 1 aromatic heterocycles. The third kappa shape index (κ3) is 4.39. The van der Waals surface area contributed by atoms with E-state index in [9.17, 15) is 5.26 Å². The van der Waals surface area contributed by atoms with E-state index in [4.69, 9.17) is 16.3 Å². The minimum absolute atomic E-state index is 0.215. The standard InChI is InChI=1S/C19H15ClN4OS/c1-2-25-16-8-6-13(7-9-16)18-12-26-19(22-18)17(11-21)24-23-15-5-3-4-14(20)10-15/h3-10,12,23H,2H2,1H3/b24-17-. The highest BCUT2D eigenvalue weighted by atomic mass is 35.5. The Balaban J connectivity index is 1.78. The summed E-state index contributed by atoms with van der Waals surface area (Å²) >= 11 is 7.31. The summed E-state index contributed by atoms with van der Waals surface area (Å²) < 4.78 is 5.44. The zero-order chi connectivity index (χ0) is 18.4. The van der Waals surface area contributed by atoms with Crippen LogP contribution < -0.4 is 10.2 Å². The molecule has 26 heavy (non-hydrogen) atoms. The van der Waals surface area contributed by atoms with Crippen molar-refractivity contribution in [2.75, 3.05) is 12.0 Å². The summed E-state index contributed by atoms with van der Waals surface area (Å²) in [5.41, 5.74) is 5.50.